The van der Waals surface area contributed by atoms with Crippen molar-refractivity contribution in [1.82, 2.24) is 0 Å². The highest BCUT2D eigenvalue weighted by Gasteiger charge is 2.21. The van der Waals surface area contributed by atoms with Crippen LogP contribution in [0.4, 0.5) is 5.69 Å². The van der Waals surface area contributed by atoms with Crippen LogP contribution in [-0.2, 0) is 0 Å². The zero-order valence-electron chi connectivity index (χ0n) is 8.75. The Hall–Kier alpha value is -1.49. The van der Waals surface area contributed by atoms with Crippen LogP contribution in [0, 0.1) is 11.3 Å². The van der Waals surface area contributed by atoms with Crippen LogP contribution in [0.25, 0.3) is 0 Å². The second-order valence-electron chi connectivity index (χ2n) is 3.68. The van der Waals surface area contributed by atoms with Gasteiger partial charge in [-0.25, -0.2) is 0 Å². The Morgan fingerprint density at radius 3 is 2.50 bits per heavy atom. The first-order chi connectivity index (χ1) is 6.70. The summed E-state index contributed by atoms with van der Waals surface area (Å²) in [6, 6.07) is 12.2. The van der Waals surface area contributed by atoms with E-state index in [2.05, 4.69) is 18.3 Å². The van der Waals surface area contributed by atoms with Crippen molar-refractivity contribution in [3.05, 3.63) is 30.3 Å². The Morgan fingerprint density at radius 1 is 1.36 bits per heavy atom. The lowest BCUT2D eigenvalue weighted by molar-refractivity contribution is 0.579. The summed E-state index contributed by atoms with van der Waals surface area (Å²) in [5.41, 5.74) is 0.556. The van der Waals surface area contributed by atoms with Crippen LogP contribution < -0.4 is 5.32 Å². The fourth-order valence-corrected chi connectivity index (χ4v) is 1.49. The van der Waals surface area contributed by atoms with E-state index in [0.717, 1.165) is 18.5 Å². The molecular weight excluding hydrogens is 172 g/mol. The van der Waals surface area contributed by atoms with Gasteiger partial charge in [-0.2, -0.15) is 5.26 Å². The van der Waals surface area contributed by atoms with Gasteiger partial charge in [0.25, 0.3) is 0 Å². The average Bonchev–Trinajstić information content (AvgIpc) is 2.20. The lowest BCUT2D eigenvalue weighted by Crippen LogP contribution is -2.32. The van der Waals surface area contributed by atoms with Crippen molar-refractivity contribution >= 4 is 5.69 Å². The molecule has 1 aromatic rings. The second-order valence-corrected chi connectivity index (χ2v) is 3.68. The van der Waals surface area contributed by atoms with Gasteiger partial charge in [0.15, 0.2) is 0 Å². The van der Waals surface area contributed by atoms with Gasteiger partial charge in [-0.05, 0) is 25.5 Å². The van der Waals surface area contributed by atoms with E-state index in [0.29, 0.717) is 0 Å². The summed E-state index contributed by atoms with van der Waals surface area (Å²) < 4.78 is 0. The normalized spacial score (nSPS) is 14.1. The summed E-state index contributed by atoms with van der Waals surface area (Å²) in [4.78, 5) is 0. The molecule has 0 spiro atoms. The molecule has 2 nitrogen and oxygen atoms in total. The maximum absolute atomic E-state index is 9.07. The van der Waals surface area contributed by atoms with E-state index in [4.69, 9.17) is 5.26 Å². The van der Waals surface area contributed by atoms with Crippen molar-refractivity contribution < 1.29 is 0 Å². The highest BCUT2D eigenvalue weighted by atomic mass is 15.0. The predicted octanol–water partition coefficient (Wildman–Crippen LogP) is 3.18. The fourth-order valence-electron chi connectivity index (χ4n) is 1.49. The molecule has 0 aliphatic rings. The topological polar surface area (TPSA) is 35.8 Å². The number of nitriles is 1. The van der Waals surface area contributed by atoms with Gasteiger partial charge >= 0.3 is 0 Å². The van der Waals surface area contributed by atoms with Crippen LogP contribution in [0.1, 0.15) is 26.7 Å². The molecular formula is C12H16N2. The predicted molar refractivity (Wildman–Crippen MR) is 59.0 cm³/mol. The number of benzene rings is 1. The van der Waals surface area contributed by atoms with Crippen LogP contribution in [0.3, 0.4) is 0 Å². The Bertz CT molecular complexity index is 313. The molecule has 2 heteroatoms. The van der Waals surface area contributed by atoms with E-state index in [1.165, 1.54) is 0 Å². The van der Waals surface area contributed by atoms with E-state index >= 15 is 0 Å². The number of anilines is 1. The monoisotopic (exact) mass is 188 g/mol. The summed E-state index contributed by atoms with van der Waals surface area (Å²) in [5.74, 6) is 0. The van der Waals surface area contributed by atoms with Gasteiger partial charge in [0.05, 0.1) is 6.07 Å². The number of hydrogen-bond donors (Lipinski definition) is 1. The van der Waals surface area contributed by atoms with Crippen molar-refractivity contribution in [2.75, 3.05) is 5.32 Å². The van der Waals surface area contributed by atoms with Crippen molar-refractivity contribution in [2.45, 2.75) is 32.2 Å². The molecule has 0 aliphatic carbocycles. The number of rotatable bonds is 4. The van der Waals surface area contributed by atoms with E-state index < -0.39 is 5.54 Å². The van der Waals surface area contributed by atoms with Gasteiger partial charge in [-0.3, -0.25) is 0 Å². The van der Waals surface area contributed by atoms with Gasteiger partial charge in [0.1, 0.15) is 5.54 Å². The molecule has 1 atom stereocenters. The van der Waals surface area contributed by atoms with E-state index in [1.807, 2.05) is 37.3 Å². The first-order valence-electron chi connectivity index (χ1n) is 4.94. The Labute approximate surface area is 85.6 Å². The number of nitrogens with one attached hydrogen (secondary N) is 1. The second kappa shape index (κ2) is 4.66. The molecule has 0 saturated heterocycles. The quantitative estimate of drug-likeness (QED) is 0.787. The van der Waals surface area contributed by atoms with Crippen LogP contribution in [-0.4, -0.2) is 5.54 Å². The SMILES string of the molecule is CCCC(C)(C#N)Nc1ccccc1. The van der Waals surface area contributed by atoms with Gasteiger partial charge < -0.3 is 5.32 Å². The zero-order chi connectivity index (χ0) is 10.4. The molecule has 0 aromatic heterocycles. The number of nitrogens with zero attached hydrogens (tertiary/aromatic N) is 1. The standard InChI is InChI=1S/C12H16N2/c1-3-9-12(2,10-13)14-11-7-5-4-6-8-11/h4-8,14H,3,9H2,1-2H3. The van der Waals surface area contributed by atoms with E-state index in [-0.39, 0.29) is 0 Å². The number of hydrogen-bond acceptors (Lipinski definition) is 2. The Kier molecular flexibility index (Phi) is 3.53. The molecule has 14 heavy (non-hydrogen) atoms. The summed E-state index contributed by atoms with van der Waals surface area (Å²) >= 11 is 0. The van der Waals surface area contributed by atoms with Crippen molar-refractivity contribution in [3.63, 3.8) is 0 Å². The highest BCUT2D eigenvalue weighted by molar-refractivity contribution is 5.46. The molecule has 1 N–H and O–H groups in total. The molecule has 74 valence electrons. The fraction of sp³-hybridized carbons (Fsp3) is 0.417. The Balaban J connectivity index is 2.72. The first kappa shape index (κ1) is 10.6. The van der Waals surface area contributed by atoms with Gasteiger partial charge in [0.2, 0.25) is 0 Å². The largest absolute Gasteiger partial charge is 0.368 e. The van der Waals surface area contributed by atoms with E-state index in [9.17, 15) is 0 Å². The highest BCUT2D eigenvalue weighted by Crippen LogP contribution is 2.18. The van der Waals surface area contributed by atoms with Crippen LogP contribution in [0.15, 0.2) is 30.3 Å². The lowest BCUT2D eigenvalue weighted by Gasteiger charge is -2.23. The number of para-hydroxylation sites is 1. The zero-order valence-corrected chi connectivity index (χ0v) is 8.75. The van der Waals surface area contributed by atoms with Crippen LogP contribution in [0.5, 0.6) is 0 Å². The summed E-state index contributed by atoms with van der Waals surface area (Å²) in [6.07, 6.45) is 1.86. The third-order valence-electron chi connectivity index (χ3n) is 2.19. The summed E-state index contributed by atoms with van der Waals surface area (Å²) in [6.45, 7) is 4.02. The molecule has 0 amide bonds. The molecule has 0 fully saturated rings. The molecule has 1 rings (SSSR count). The lowest BCUT2D eigenvalue weighted by atomic mass is 9.98. The third-order valence-corrected chi connectivity index (χ3v) is 2.19. The summed E-state index contributed by atoms with van der Waals surface area (Å²) in [5, 5.41) is 12.3. The van der Waals surface area contributed by atoms with Gasteiger partial charge in [-0.1, -0.05) is 31.5 Å². The molecule has 1 unspecified atom stereocenters. The summed E-state index contributed by atoms with van der Waals surface area (Å²) in [7, 11) is 0. The van der Waals surface area contributed by atoms with Gasteiger partial charge in [-0.15, -0.1) is 0 Å². The molecule has 0 aliphatic heterocycles. The molecule has 0 heterocycles. The van der Waals surface area contributed by atoms with Crippen LogP contribution >= 0.6 is 0 Å². The minimum atomic E-state index is -0.448. The average molecular weight is 188 g/mol. The maximum atomic E-state index is 9.07. The minimum absolute atomic E-state index is 0.448. The maximum Gasteiger partial charge on any atom is 0.122 e. The smallest absolute Gasteiger partial charge is 0.122 e. The van der Waals surface area contributed by atoms with Gasteiger partial charge in [0, 0.05) is 5.69 Å². The minimum Gasteiger partial charge on any atom is -0.368 e. The molecule has 1 aromatic carbocycles. The molecule has 0 saturated carbocycles. The molecule has 0 bridgehead atoms. The molecule has 0 radical (unpaired) electrons. The van der Waals surface area contributed by atoms with Crippen molar-refractivity contribution in [2.24, 2.45) is 0 Å². The first-order valence-corrected chi connectivity index (χ1v) is 4.94. The van der Waals surface area contributed by atoms with Crippen molar-refractivity contribution in [1.29, 1.82) is 5.26 Å². The van der Waals surface area contributed by atoms with E-state index in [1.54, 1.807) is 0 Å². The van der Waals surface area contributed by atoms with Crippen molar-refractivity contribution in [3.8, 4) is 6.07 Å². The third kappa shape index (κ3) is 2.77. The Morgan fingerprint density at radius 2 is 2.00 bits per heavy atom. The van der Waals surface area contributed by atoms with Crippen LogP contribution in [0.2, 0.25) is 0 Å².